The van der Waals surface area contributed by atoms with Crippen LogP contribution in [-0.4, -0.2) is 6.73 Å². The number of halogens is 1. The van der Waals surface area contributed by atoms with E-state index in [9.17, 15) is 4.79 Å². The summed E-state index contributed by atoms with van der Waals surface area (Å²) in [5, 5.41) is 0.976. The number of benzene rings is 3. The average molecular weight is 490 g/mol. The van der Waals surface area contributed by atoms with Crippen molar-refractivity contribution in [2.45, 2.75) is 33.7 Å². The molecule has 0 atom stereocenters. The van der Waals surface area contributed by atoms with Crippen LogP contribution >= 0.6 is 15.9 Å². The first kappa shape index (κ1) is 20.8. The fourth-order valence-corrected chi connectivity index (χ4v) is 4.69. The van der Waals surface area contributed by atoms with E-state index in [1.54, 1.807) is 0 Å². The predicted molar refractivity (Wildman–Crippen MR) is 132 cm³/mol. The molecule has 0 radical (unpaired) electrons. The standard InChI is InChI=1S/C27H24BrNO3/c1-16-11-21(9-10-24(16)28)29-14-20-13-22-17(2)23(12-19-7-5-4-6-8-19)27(30)32-26(22)18(3)25(20)31-15-29/h4-11,13H,12,14-15H2,1-3H3. The molecule has 0 spiro atoms. The summed E-state index contributed by atoms with van der Waals surface area (Å²) in [4.78, 5) is 15.1. The van der Waals surface area contributed by atoms with Crippen molar-refractivity contribution in [3.05, 3.63) is 103 Å². The molecule has 2 heterocycles. The fourth-order valence-electron chi connectivity index (χ4n) is 4.44. The van der Waals surface area contributed by atoms with E-state index in [0.717, 1.165) is 50.1 Å². The molecule has 0 aliphatic carbocycles. The van der Waals surface area contributed by atoms with Crippen molar-refractivity contribution in [3.8, 4) is 5.75 Å². The number of fused-ring (bicyclic) bond motifs is 2. The highest BCUT2D eigenvalue weighted by Gasteiger charge is 2.24. The van der Waals surface area contributed by atoms with Crippen LogP contribution in [0.1, 0.15) is 33.4 Å². The third kappa shape index (κ3) is 3.61. The van der Waals surface area contributed by atoms with Crippen molar-refractivity contribution < 1.29 is 9.15 Å². The van der Waals surface area contributed by atoms with Crippen LogP contribution in [0.25, 0.3) is 11.0 Å². The van der Waals surface area contributed by atoms with Crippen LogP contribution in [0.3, 0.4) is 0 Å². The van der Waals surface area contributed by atoms with Gasteiger partial charge in [0.15, 0.2) is 6.73 Å². The third-order valence-electron chi connectivity index (χ3n) is 6.29. The van der Waals surface area contributed by atoms with Crippen LogP contribution in [0.5, 0.6) is 5.75 Å². The zero-order chi connectivity index (χ0) is 22.4. The monoisotopic (exact) mass is 489 g/mol. The van der Waals surface area contributed by atoms with Gasteiger partial charge in [0.2, 0.25) is 0 Å². The van der Waals surface area contributed by atoms with Gasteiger partial charge in [-0.15, -0.1) is 0 Å². The van der Waals surface area contributed by atoms with Crippen LogP contribution in [0.15, 0.2) is 68.3 Å². The van der Waals surface area contributed by atoms with Gasteiger partial charge in [0.25, 0.3) is 0 Å². The molecule has 0 N–H and O–H groups in total. The number of hydrogen-bond acceptors (Lipinski definition) is 4. The van der Waals surface area contributed by atoms with Gasteiger partial charge < -0.3 is 14.1 Å². The van der Waals surface area contributed by atoms with Crippen LogP contribution in [-0.2, 0) is 13.0 Å². The molecule has 0 bridgehead atoms. The first-order valence-electron chi connectivity index (χ1n) is 10.7. The van der Waals surface area contributed by atoms with Crippen molar-refractivity contribution in [2.75, 3.05) is 11.6 Å². The Hall–Kier alpha value is -3.05. The Bertz CT molecular complexity index is 1390. The molecule has 5 rings (SSSR count). The van der Waals surface area contributed by atoms with Crippen molar-refractivity contribution in [1.29, 1.82) is 0 Å². The van der Waals surface area contributed by atoms with Gasteiger partial charge in [-0.05, 0) is 61.7 Å². The molecule has 4 aromatic rings. The van der Waals surface area contributed by atoms with E-state index in [1.807, 2.05) is 44.2 Å². The van der Waals surface area contributed by atoms with Gasteiger partial charge in [0, 0.05) is 45.2 Å². The number of nitrogens with zero attached hydrogens (tertiary/aromatic N) is 1. The highest BCUT2D eigenvalue weighted by Crippen LogP contribution is 2.38. The molecular weight excluding hydrogens is 466 g/mol. The zero-order valence-electron chi connectivity index (χ0n) is 18.4. The predicted octanol–water partition coefficient (Wildman–Crippen LogP) is 6.43. The average Bonchev–Trinajstić information content (AvgIpc) is 2.80. The summed E-state index contributed by atoms with van der Waals surface area (Å²) in [6.07, 6.45) is 0.557. The first-order valence-corrected chi connectivity index (χ1v) is 11.5. The largest absolute Gasteiger partial charge is 0.472 e. The normalized spacial score (nSPS) is 13.2. The number of aryl methyl sites for hydroxylation is 3. The second kappa shape index (κ2) is 8.14. The SMILES string of the molecule is Cc1cc(N2COc3c(cc4c(C)c(Cc5ccccc5)c(=O)oc4c3C)C2)ccc1Br. The lowest BCUT2D eigenvalue weighted by molar-refractivity contribution is 0.287. The summed E-state index contributed by atoms with van der Waals surface area (Å²) in [5.41, 5.74) is 7.42. The Kier molecular flexibility index (Phi) is 5.30. The topological polar surface area (TPSA) is 42.7 Å². The number of anilines is 1. The third-order valence-corrected chi connectivity index (χ3v) is 7.18. The molecule has 0 amide bonds. The lowest BCUT2D eigenvalue weighted by Gasteiger charge is -2.32. The summed E-state index contributed by atoms with van der Waals surface area (Å²) in [6.45, 7) is 7.27. The molecule has 0 unspecified atom stereocenters. The van der Waals surface area contributed by atoms with Crippen LogP contribution in [0.2, 0.25) is 0 Å². The first-order chi connectivity index (χ1) is 15.4. The minimum Gasteiger partial charge on any atom is -0.472 e. The molecule has 0 fully saturated rings. The van der Waals surface area contributed by atoms with Gasteiger partial charge >= 0.3 is 5.63 Å². The van der Waals surface area contributed by atoms with E-state index < -0.39 is 0 Å². The molecule has 162 valence electrons. The van der Waals surface area contributed by atoms with E-state index in [0.29, 0.717) is 24.3 Å². The second-order valence-corrected chi connectivity index (χ2v) is 9.28. The van der Waals surface area contributed by atoms with Crippen LogP contribution in [0.4, 0.5) is 5.69 Å². The van der Waals surface area contributed by atoms with Crippen LogP contribution < -0.4 is 15.3 Å². The van der Waals surface area contributed by atoms with Crippen molar-refractivity contribution in [2.24, 2.45) is 0 Å². The second-order valence-electron chi connectivity index (χ2n) is 8.43. The number of ether oxygens (including phenoxy) is 1. The summed E-state index contributed by atoms with van der Waals surface area (Å²) < 4.78 is 13.1. The van der Waals surface area contributed by atoms with E-state index >= 15 is 0 Å². The summed E-state index contributed by atoms with van der Waals surface area (Å²) in [5.74, 6) is 0.820. The quantitative estimate of drug-likeness (QED) is 0.311. The van der Waals surface area contributed by atoms with Crippen molar-refractivity contribution in [1.82, 2.24) is 0 Å². The van der Waals surface area contributed by atoms with Gasteiger partial charge in [-0.25, -0.2) is 4.79 Å². The van der Waals surface area contributed by atoms with Crippen LogP contribution in [0, 0.1) is 20.8 Å². The van der Waals surface area contributed by atoms with E-state index in [1.165, 1.54) is 5.56 Å². The fraction of sp³-hybridized carbons (Fsp3) is 0.222. The molecule has 3 aromatic carbocycles. The lowest BCUT2D eigenvalue weighted by Crippen LogP contribution is -2.32. The number of rotatable bonds is 3. The van der Waals surface area contributed by atoms with E-state index in [-0.39, 0.29) is 5.63 Å². The smallest absolute Gasteiger partial charge is 0.340 e. The molecule has 0 saturated heterocycles. The highest BCUT2D eigenvalue weighted by molar-refractivity contribution is 9.10. The van der Waals surface area contributed by atoms with Gasteiger partial charge in [-0.3, -0.25) is 0 Å². The van der Waals surface area contributed by atoms with E-state index in [4.69, 9.17) is 9.15 Å². The maximum Gasteiger partial charge on any atom is 0.340 e. The molecule has 4 nitrogen and oxygen atoms in total. The van der Waals surface area contributed by atoms with Gasteiger partial charge in [-0.1, -0.05) is 46.3 Å². The zero-order valence-corrected chi connectivity index (χ0v) is 20.0. The molecule has 1 aliphatic heterocycles. The van der Waals surface area contributed by atoms with Crippen molar-refractivity contribution >= 4 is 32.6 Å². The highest BCUT2D eigenvalue weighted by atomic mass is 79.9. The molecular formula is C27H24BrNO3. The Morgan fingerprint density at radius 3 is 2.53 bits per heavy atom. The van der Waals surface area contributed by atoms with Crippen molar-refractivity contribution in [3.63, 3.8) is 0 Å². The van der Waals surface area contributed by atoms with Gasteiger partial charge in [0.05, 0.1) is 0 Å². The molecule has 0 saturated carbocycles. The summed E-state index contributed by atoms with van der Waals surface area (Å²) in [7, 11) is 0. The lowest BCUT2D eigenvalue weighted by atomic mass is 9.96. The molecule has 32 heavy (non-hydrogen) atoms. The Morgan fingerprint density at radius 1 is 1.00 bits per heavy atom. The maximum atomic E-state index is 12.9. The number of hydrogen-bond donors (Lipinski definition) is 0. The Balaban J connectivity index is 1.58. The van der Waals surface area contributed by atoms with Gasteiger partial charge in [-0.2, -0.15) is 0 Å². The van der Waals surface area contributed by atoms with E-state index in [2.05, 4.69) is 52.0 Å². The minimum absolute atomic E-state index is 0.273. The molecule has 5 heteroatoms. The Labute approximate surface area is 195 Å². The summed E-state index contributed by atoms with van der Waals surface area (Å²) >= 11 is 3.57. The summed E-state index contributed by atoms with van der Waals surface area (Å²) in [6, 6.07) is 18.5. The molecule has 1 aromatic heterocycles. The maximum absolute atomic E-state index is 12.9. The minimum atomic E-state index is -0.273. The molecule has 1 aliphatic rings. The van der Waals surface area contributed by atoms with Gasteiger partial charge in [0.1, 0.15) is 11.3 Å². The Morgan fingerprint density at radius 2 is 1.78 bits per heavy atom.